The second kappa shape index (κ2) is 8.78. The van der Waals surface area contributed by atoms with Gasteiger partial charge in [0.15, 0.2) is 0 Å². The Labute approximate surface area is 167 Å². The monoisotopic (exact) mass is 379 g/mol. The van der Waals surface area contributed by atoms with Crippen molar-refractivity contribution in [3.8, 4) is 0 Å². The SMILES string of the molecule is CN1CCC(c2ncc3c(n2)CCN(C(=O)CCCc2ccccn2)C3)CC1. The molecule has 148 valence electrons. The highest BCUT2D eigenvalue weighted by atomic mass is 16.2. The van der Waals surface area contributed by atoms with Crippen molar-refractivity contribution in [2.24, 2.45) is 0 Å². The number of nitrogens with zero attached hydrogens (tertiary/aromatic N) is 5. The number of hydrogen-bond acceptors (Lipinski definition) is 5. The fourth-order valence-electron chi connectivity index (χ4n) is 4.13. The Morgan fingerprint density at radius 2 is 2.04 bits per heavy atom. The highest BCUT2D eigenvalue weighted by Crippen LogP contribution is 2.26. The van der Waals surface area contributed by atoms with Gasteiger partial charge in [0.2, 0.25) is 5.91 Å². The molecule has 0 atom stereocenters. The maximum Gasteiger partial charge on any atom is 0.222 e. The van der Waals surface area contributed by atoms with Crippen LogP contribution in [0.15, 0.2) is 30.6 Å². The van der Waals surface area contributed by atoms with E-state index < -0.39 is 0 Å². The first kappa shape index (κ1) is 19.0. The van der Waals surface area contributed by atoms with E-state index in [1.165, 1.54) is 0 Å². The summed E-state index contributed by atoms with van der Waals surface area (Å²) in [6.07, 6.45) is 9.13. The number of carbonyl (C=O) groups is 1. The molecule has 2 aromatic heterocycles. The number of likely N-dealkylation sites (tertiary alicyclic amines) is 1. The number of rotatable bonds is 5. The molecule has 6 heteroatoms. The van der Waals surface area contributed by atoms with Gasteiger partial charge in [0.25, 0.3) is 0 Å². The van der Waals surface area contributed by atoms with Crippen molar-refractivity contribution in [3.63, 3.8) is 0 Å². The van der Waals surface area contributed by atoms with Gasteiger partial charge in [-0.15, -0.1) is 0 Å². The van der Waals surface area contributed by atoms with Gasteiger partial charge in [0, 0.05) is 55.5 Å². The molecule has 2 aliphatic rings. The van der Waals surface area contributed by atoms with Gasteiger partial charge >= 0.3 is 0 Å². The lowest BCUT2D eigenvalue weighted by Crippen LogP contribution is -2.37. The van der Waals surface area contributed by atoms with E-state index in [2.05, 4.69) is 21.9 Å². The molecule has 0 radical (unpaired) electrons. The summed E-state index contributed by atoms with van der Waals surface area (Å²) in [6, 6.07) is 5.92. The van der Waals surface area contributed by atoms with E-state index in [0.717, 1.165) is 74.5 Å². The van der Waals surface area contributed by atoms with Crippen LogP contribution in [0, 0.1) is 0 Å². The lowest BCUT2D eigenvalue weighted by Gasteiger charge is -2.30. The van der Waals surface area contributed by atoms with Crippen LogP contribution >= 0.6 is 0 Å². The molecule has 2 aliphatic heterocycles. The maximum absolute atomic E-state index is 12.6. The Hall–Kier alpha value is -2.34. The Morgan fingerprint density at radius 1 is 1.18 bits per heavy atom. The van der Waals surface area contributed by atoms with Crippen LogP contribution in [0.25, 0.3) is 0 Å². The minimum Gasteiger partial charge on any atom is -0.338 e. The Morgan fingerprint density at radius 3 is 2.82 bits per heavy atom. The van der Waals surface area contributed by atoms with Gasteiger partial charge in [-0.3, -0.25) is 9.78 Å². The predicted molar refractivity (Wildman–Crippen MR) is 108 cm³/mol. The van der Waals surface area contributed by atoms with E-state index in [9.17, 15) is 4.79 Å². The molecule has 1 saturated heterocycles. The summed E-state index contributed by atoms with van der Waals surface area (Å²) in [7, 11) is 2.17. The maximum atomic E-state index is 12.6. The lowest BCUT2D eigenvalue weighted by molar-refractivity contribution is -0.132. The second-order valence-electron chi connectivity index (χ2n) is 8.02. The summed E-state index contributed by atoms with van der Waals surface area (Å²) in [5, 5.41) is 0. The molecule has 28 heavy (non-hydrogen) atoms. The van der Waals surface area contributed by atoms with E-state index in [4.69, 9.17) is 4.98 Å². The Kier molecular flexibility index (Phi) is 5.95. The van der Waals surface area contributed by atoms with E-state index in [1.54, 1.807) is 6.20 Å². The van der Waals surface area contributed by atoms with Crippen LogP contribution < -0.4 is 0 Å². The smallest absolute Gasteiger partial charge is 0.222 e. The van der Waals surface area contributed by atoms with Crippen molar-refractivity contribution < 1.29 is 4.79 Å². The zero-order chi connectivity index (χ0) is 19.3. The van der Waals surface area contributed by atoms with Crippen molar-refractivity contribution in [3.05, 3.63) is 53.4 Å². The summed E-state index contributed by atoms with van der Waals surface area (Å²) in [5.41, 5.74) is 3.30. The topological polar surface area (TPSA) is 62.2 Å². The van der Waals surface area contributed by atoms with E-state index in [1.807, 2.05) is 29.3 Å². The number of fused-ring (bicyclic) bond motifs is 1. The van der Waals surface area contributed by atoms with Crippen LogP contribution in [0.5, 0.6) is 0 Å². The fraction of sp³-hybridized carbons (Fsp3) is 0.545. The summed E-state index contributed by atoms with van der Waals surface area (Å²) in [5.74, 6) is 1.70. The molecule has 0 aliphatic carbocycles. The van der Waals surface area contributed by atoms with Crippen molar-refractivity contribution in [1.29, 1.82) is 0 Å². The molecule has 6 nitrogen and oxygen atoms in total. The summed E-state index contributed by atoms with van der Waals surface area (Å²) < 4.78 is 0. The highest BCUT2D eigenvalue weighted by molar-refractivity contribution is 5.76. The lowest BCUT2D eigenvalue weighted by atomic mass is 9.95. The minimum atomic E-state index is 0.223. The number of aromatic nitrogens is 3. The van der Waals surface area contributed by atoms with Gasteiger partial charge in [0.05, 0.1) is 5.69 Å². The molecule has 4 heterocycles. The molecular formula is C22H29N5O. The van der Waals surface area contributed by atoms with Crippen molar-refractivity contribution in [2.75, 3.05) is 26.7 Å². The Balaban J connectivity index is 1.31. The average molecular weight is 380 g/mol. The van der Waals surface area contributed by atoms with Gasteiger partial charge in [-0.25, -0.2) is 9.97 Å². The molecule has 1 amide bonds. The molecule has 2 aromatic rings. The van der Waals surface area contributed by atoms with Crippen LogP contribution in [0.3, 0.4) is 0 Å². The third-order valence-electron chi connectivity index (χ3n) is 5.94. The summed E-state index contributed by atoms with van der Waals surface area (Å²) >= 11 is 0. The quantitative estimate of drug-likeness (QED) is 0.799. The second-order valence-corrected chi connectivity index (χ2v) is 8.02. The zero-order valence-electron chi connectivity index (χ0n) is 16.7. The van der Waals surface area contributed by atoms with Crippen molar-refractivity contribution in [1.82, 2.24) is 24.8 Å². The number of aryl methyl sites for hydroxylation is 1. The Bertz CT molecular complexity index is 802. The normalized spacial score (nSPS) is 18.1. The molecule has 0 bridgehead atoms. The van der Waals surface area contributed by atoms with Crippen LogP contribution in [0.1, 0.15) is 54.4 Å². The van der Waals surface area contributed by atoms with Gasteiger partial charge in [-0.2, -0.15) is 0 Å². The van der Waals surface area contributed by atoms with Gasteiger partial charge in [0.1, 0.15) is 5.82 Å². The van der Waals surface area contributed by atoms with Gasteiger partial charge in [-0.05, 0) is 58.0 Å². The molecule has 0 spiro atoms. The van der Waals surface area contributed by atoms with Crippen LogP contribution in [-0.2, 0) is 24.2 Å². The largest absolute Gasteiger partial charge is 0.338 e. The van der Waals surface area contributed by atoms with Crippen molar-refractivity contribution >= 4 is 5.91 Å². The highest BCUT2D eigenvalue weighted by Gasteiger charge is 2.25. The van der Waals surface area contributed by atoms with E-state index >= 15 is 0 Å². The first-order valence-corrected chi connectivity index (χ1v) is 10.4. The van der Waals surface area contributed by atoms with Crippen LogP contribution in [0.2, 0.25) is 0 Å². The van der Waals surface area contributed by atoms with Gasteiger partial charge < -0.3 is 9.80 Å². The molecule has 4 rings (SSSR count). The zero-order valence-corrected chi connectivity index (χ0v) is 16.7. The molecule has 0 N–H and O–H groups in total. The number of carbonyl (C=O) groups excluding carboxylic acids is 1. The summed E-state index contributed by atoms with van der Waals surface area (Å²) in [6.45, 7) is 3.64. The number of hydrogen-bond donors (Lipinski definition) is 0. The number of amides is 1. The minimum absolute atomic E-state index is 0.223. The molecular weight excluding hydrogens is 350 g/mol. The number of pyridine rings is 1. The predicted octanol–water partition coefficient (Wildman–Crippen LogP) is 2.59. The molecule has 0 aromatic carbocycles. The van der Waals surface area contributed by atoms with E-state index in [-0.39, 0.29) is 5.91 Å². The first-order chi connectivity index (χ1) is 13.7. The summed E-state index contributed by atoms with van der Waals surface area (Å²) in [4.78, 5) is 30.8. The van der Waals surface area contributed by atoms with Gasteiger partial charge in [-0.1, -0.05) is 6.07 Å². The van der Waals surface area contributed by atoms with Crippen LogP contribution in [0.4, 0.5) is 0 Å². The third kappa shape index (κ3) is 4.55. The number of piperidine rings is 1. The standard InChI is InChI=1S/C22H29N5O/c1-26-12-8-17(9-13-26)22-24-15-18-16-27(14-10-20(18)25-22)21(28)7-4-6-19-5-2-3-11-23-19/h2-3,5,11,15,17H,4,6-10,12-14,16H2,1H3. The van der Waals surface area contributed by atoms with Crippen LogP contribution in [-0.4, -0.2) is 57.3 Å². The van der Waals surface area contributed by atoms with E-state index in [0.29, 0.717) is 18.9 Å². The average Bonchev–Trinajstić information content (AvgIpc) is 2.74. The first-order valence-electron chi connectivity index (χ1n) is 10.4. The molecule has 0 saturated carbocycles. The molecule has 0 unspecified atom stereocenters. The third-order valence-corrected chi connectivity index (χ3v) is 5.94. The fourth-order valence-corrected chi connectivity index (χ4v) is 4.13. The molecule has 1 fully saturated rings. The van der Waals surface area contributed by atoms with Crippen molar-refractivity contribution in [2.45, 2.75) is 51.0 Å².